The van der Waals surface area contributed by atoms with Crippen LogP contribution in [-0.2, 0) is 4.79 Å². The van der Waals surface area contributed by atoms with Crippen LogP contribution in [0.5, 0.6) is 0 Å². The van der Waals surface area contributed by atoms with Crippen molar-refractivity contribution in [3.05, 3.63) is 0 Å². The summed E-state index contributed by atoms with van der Waals surface area (Å²) in [5.74, 6) is -0.402. The van der Waals surface area contributed by atoms with E-state index in [-0.39, 0.29) is 0 Å². The van der Waals surface area contributed by atoms with Gasteiger partial charge in [0.25, 0.3) is 0 Å². The fraction of sp³-hybridized carbons (Fsp3) is 0.947. The summed E-state index contributed by atoms with van der Waals surface area (Å²) in [5.41, 5.74) is 6.82. The van der Waals surface area contributed by atoms with Crippen LogP contribution < -0.4 is 5.73 Å². The Morgan fingerprint density at radius 3 is 1.14 bits per heavy atom. The highest BCUT2D eigenvalue weighted by Crippen LogP contribution is 2.13. The van der Waals surface area contributed by atoms with Gasteiger partial charge in [-0.05, 0) is 6.42 Å². The largest absolute Gasteiger partial charge is 0.273 e. The van der Waals surface area contributed by atoms with Crippen LogP contribution in [-0.4, -0.2) is 5.91 Å². The summed E-state index contributed by atoms with van der Waals surface area (Å²) in [6, 6.07) is 0. The van der Waals surface area contributed by atoms with E-state index in [2.05, 4.69) is 6.92 Å². The minimum Gasteiger partial charge on any atom is -0.273 e. The molecule has 0 saturated heterocycles. The Bertz CT molecular complexity index is 216. The smallest absolute Gasteiger partial charge is 0.238 e. The maximum absolute atomic E-state index is 10.5. The average molecular weight is 297 g/mol. The Hall–Kier alpha value is -0.530. The van der Waals surface area contributed by atoms with Gasteiger partial charge in [0, 0.05) is 6.42 Å². The predicted octanol–water partition coefficient (Wildman–Crippen LogP) is 6.45. The molecule has 0 aromatic carbocycles. The number of unbranched alkanes of at least 4 members (excludes halogenated alkanes) is 15. The maximum Gasteiger partial charge on any atom is 0.238 e. The normalized spacial score (nSPS) is 10.9. The lowest BCUT2D eigenvalue weighted by atomic mass is 10.0. The Morgan fingerprint density at radius 1 is 0.571 bits per heavy atom. The number of hydrogen-bond acceptors (Lipinski definition) is 1. The minimum absolute atomic E-state index is 0.402. The molecular formula is C19H38NO. The van der Waals surface area contributed by atoms with Crippen molar-refractivity contribution in [1.29, 1.82) is 0 Å². The van der Waals surface area contributed by atoms with Gasteiger partial charge in [0.1, 0.15) is 0 Å². The van der Waals surface area contributed by atoms with Crippen molar-refractivity contribution in [1.82, 2.24) is 5.73 Å². The van der Waals surface area contributed by atoms with Crippen molar-refractivity contribution in [2.45, 2.75) is 116 Å². The Balaban J connectivity index is 2.95. The first kappa shape index (κ1) is 20.5. The average Bonchev–Trinajstić information content (AvgIpc) is 2.46. The summed E-state index contributed by atoms with van der Waals surface area (Å²) in [6.45, 7) is 2.28. The summed E-state index contributed by atoms with van der Waals surface area (Å²) >= 11 is 0. The van der Waals surface area contributed by atoms with Crippen molar-refractivity contribution in [3.63, 3.8) is 0 Å². The van der Waals surface area contributed by atoms with Crippen LogP contribution in [0.2, 0.25) is 0 Å². The molecule has 0 aliphatic rings. The summed E-state index contributed by atoms with van der Waals surface area (Å²) < 4.78 is 0. The molecule has 0 saturated carbocycles. The number of nitrogens with one attached hydrogen (secondary N) is 1. The lowest BCUT2D eigenvalue weighted by Crippen LogP contribution is -1.96. The van der Waals surface area contributed by atoms with Crippen molar-refractivity contribution in [2.24, 2.45) is 0 Å². The zero-order valence-electron chi connectivity index (χ0n) is 14.4. The molecule has 0 spiro atoms. The van der Waals surface area contributed by atoms with Crippen LogP contribution in [0.15, 0.2) is 0 Å². The molecule has 0 heterocycles. The van der Waals surface area contributed by atoms with Gasteiger partial charge >= 0.3 is 0 Å². The third-order valence-corrected chi connectivity index (χ3v) is 4.26. The molecule has 125 valence electrons. The molecule has 0 aromatic heterocycles. The fourth-order valence-corrected chi connectivity index (χ4v) is 2.83. The van der Waals surface area contributed by atoms with Gasteiger partial charge in [0.2, 0.25) is 5.91 Å². The Labute approximate surface area is 133 Å². The second-order valence-electron chi connectivity index (χ2n) is 6.48. The monoisotopic (exact) mass is 296 g/mol. The number of amides is 1. The molecule has 2 heteroatoms. The second-order valence-corrected chi connectivity index (χ2v) is 6.48. The van der Waals surface area contributed by atoms with Gasteiger partial charge in [-0.2, -0.15) is 0 Å². The van der Waals surface area contributed by atoms with Crippen molar-refractivity contribution >= 4 is 5.91 Å². The Morgan fingerprint density at radius 2 is 0.857 bits per heavy atom. The Kier molecular flexibility index (Phi) is 17.1. The molecule has 21 heavy (non-hydrogen) atoms. The number of carbonyl (C=O) groups excluding carboxylic acids is 1. The molecule has 0 rings (SSSR count). The third-order valence-electron chi connectivity index (χ3n) is 4.26. The highest BCUT2D eigenvalue weighted by atomic mass is 16.1. The molecule has 1 N–H and O–H groups in total. The molecule has 0 unspecified atom stereocenters. The van der Waals surface area contributed by atoms with Gasteiger partial charge in [0.15, 0.2) is 0 Å². The number of hydrogen-bond donors (Lipinski definition) is 0. The highest BCUT2D eigenvalue weighted by molar-refractivity contribution is 5.72. The van der Waals surface area contributed by atoms with Crippen molar-refractivity contribution in [2.75, 3.05) is 0 Å². The molecule has 0 atom stereocenters. The van der Waals surface area contributed by atoms with Crippen LogP contribution in [0.25, 0.3) is 0 Å². The molecule has 0 aliphatic carbocycles. The van der Waals surface area contributed by atoms with E-state index in [1.165, 1.54) is 89.9 Å². The molecule has 1 radical (unpaired) electrons. The SMILES string of the molecule is CCCCCCCCCCCCCCCCCCC([NH])=O. The number of carbonyl (C=O) groups is 1. The van der Waals surface area contributed by atoms with Crippen LogP contribution in [0.1, 0.15) is 116 Å². The topological polar surface area (TPSA) is 40.9 Å². The lowest BCUT2D eigenvalue weighted by molar-refractivity contribution is -0.118. The van der Waals surface area contributed by atoms with E-state index in [1.807, 2.05) is 0 Å². The van der Waals surface area contributed by atoms with E-state index < -0.39 is 5.91 Å². The van der Waals surface area contributed by atoms with Gasteiger partial charge in [-0.3, -0.25) is 10.5 Å². The van der Waals surface area contributed by atoms with E-state index in [9.17, 15) is 4.79 Å². The first-order chi connectivity index (χ1) is 10.3. The first-order valence-electron chi connectivity index (χ1n) is 9.51. The van der Waals surface area contributed by atoms with Crippen LogP contribution in [0.4, 0.5) is 0 Å². The summed E-state index contributed by atoms with van der Waals surface area (Å²) in [5, 5.41) is 0. The van der Waals surface area contributed by atoms with Crippen LogP contribution in [0.3, 0.4) is 0 Å². The summed E-state index contributed by atoms with van der Waals surface area (Å²) in [4.78, 5) is 10.5. The molecule has 1 amide bonds. The van der Waals surface area contributed by atoms with E-state index in [0.717, 1.165) is 12.8 Å². The third kappa shape index (κ3) is 19.5. The van der Waals surface area contributed by atoms with Gasteiger partial charge < -0.3 is 0 Å². The van der Waals surface area contributed by atoms with Crippen molar-refractivity contribution < 1.29 is 4.79 Å². The minimum atomic E-state index is -0.402. The van der Waals surface area contributed by atoms with Gasteiger partial charge in [-0.1, -0.05) is 103 Å². The zero-order chi connectivity index (χ0) is 15.6. The van der Waals surface area contributed by atoms with Gasteiger partial charge in [-0.15, -0.1) is 0 Å². The molecule has 0 bridgehead atoms. The summed E-state index contributed by atoms with van der Waals surface area (Å²) in [6.07, 6.45) is 22.0. The zero-order valence-corrected chi connectivity index (χ0v) is 14.4. The molecule has 0 aliphatic heterocycles. The standard InChI is InChI=1S/C19H38NO/c1-2-3-4-5-6-7-8-9-10-11-12-13-14-15-16-17-18-19(20)21/h20H,2-18H2,1H3. The summed E-state index contributed by atoms with van der Waals surface area (Å²) in [7, 11) is 0. The molecule has 0 fully saturated rings. The maximum atomic E-state index is 10.5. The van der Waals surface area contributed by atoms with E-state index >= 15 is 0 Å². The number of rotatable bonds is 17. The van der Waals surface area contributed by atoms with E-state index in [1.54, 1.807) is 0 Å². The molecule has 2 nitrogen and oxygen atoms in total. The lowest BCUT2D eigenvalue weighted by Gasteiger charge is -2.03. The fourth-order valence-electron chi connectivity index (χ4n) is 2.83. The van der Waals surface area contributed by atoms with Gasteiger partial charge in [0.05, 0.1) is 0 Å². The van der Waals surface area contributed by atoms with Gasteiger partial charge in [-0.25, -0.2) is 0 Å². The van der Waals surface area contributed by atoms with Crippen molar-refractivity contribution in [3.8, 4) is 0 Å². The molecular weight excluding hydrogens is 258 g/mol. The van der Waals surface area contributed by atoms with E-state index in [4.69, 9.17) is 5.73 Å². The first-order valence-corrected chi connectivity index (χ1v) is 9.51. The second kappa shape index (κ2) is 17.5. The molecule has 0 aromatic rings. The highest BCUT2D eigenvalue weighted by Gasteiger charge is 1.96. The van der Waals surface area contributed by atoms with Crippen LogP contribution >= 0.6 is 0 Å². The van der Waals surface area contributed by atoms with E-state index in [0.29, 0.717) is 6.42 Å². The predicted molar refractivity (Wildman–Crippen MR) is 92.3 cm³/mol. The van der Waals surface area contributed by atoms with Crippen LogP contribution in [0, 0.1) is 0 Å². The quantitative estimate of drug-likeness (QED) is 0.284.